The Morgan fingerprint density at radius 1 is 1.16 bits per heavy atom. The van der Waals surface area contributed by atoms with Crippen molar-refractivity contribution in [1.82, 2.24) is 19.5 Å². The number of nitrogens with zero attached hydrogens (tertiary/aromatic N) is 4. The number of rotatable bonds is 3. The summed E-state index contributed by atoms with van der Waals surface area (Å²) in [5, 5.41) is 2.37. The summed E-state index contributed by atoms with van der Waals surface area (Å²) in [7, 11) is 0. The molecule has 0 spiro atoms. The Balaban J connectivity index is 1.89. The van der Waals surface area contributed by atoms with E-state index in [1.54, 1.807) is 23.9 Å². The van der Waals surface area contributed by atoms with Gasteiger partial charge in [-0.3, -0.25) is 9.36 Å². The molecule has 0 radical (unpaired) electrons. The third-order valence-electron chi connectivity index (χ3n) is 3.44. The summed E-state index contributed by atoms with van der Waals surface area (Å²) in [6.07, 6.45) is -0.170. The van der Waals surface area contributed by atoms with Crippen LogP contribution in [0.5, 0.6) is 0 Å². The number of amides is 1. The first-order valence-corrected chi connectivity index (χ1v) is 7.16. The molecule has 1 aromatic carbocycles. The molecule has 0 unspecified atom stereocenters. The fourth-order valence-electron chi connectivity index (χ4n) is 2.28. The Kier molecular flexibility index (Phi) is 4.22. The number of aryl methyl sites for hydroxylation is 1. The third-order valence-corrected chi connectivity index (χ3v) is 3.44. The van der Waals surface area contributed by atoms with Gasteiger partial charge >= 0.3 is 6.18 Å². The highest BCUT2D eigenvalue weighted by Crippen LogP contribution is 2.32. The molecule has 0 saturated heterocycles. The minimum absolute atomic E-state index is 0.0834. The van der Waals surface area contributed by atoms with Crippen LogP contribution in [0, 0.1) is 6.92 Å². The average Bonchev–Trinajstić information content (AvgIpc) is 3.00. The lowest BCUT2D eigenvalue weighted by molar-refractivity contribution is -0.137. The molecule has 0 aliphatic heterocycles. The molecule has 2 aromatic heterocycles. The van der Waals surface area contributed by atoms with E-state index in [1.165, 1.54) is 24.5 Å². The van der Waals surface area contributed by atoms with Crippen LogP contribution in [0.1, 0.15) is 21.7 Å². The van der Waals surface area contributed by atoms with E-state index in [0.29, 0.717) is 11.6 Å². The van der Waals surface area contributed by atoms with Gasteiger partial charge in [-0.05, 0) is 19.1 Å². The number of carbonyl (C=O) groups is 1. The Morgan fingerprint density at radius 3 is 2.60 bits per heavy atom. The van der Waals surface area contributed by atoms with Gasteiger partial charge in [0.2, 0.25) is 0 Å². The van der Waals surface area contributed by atoms with Gasteiger partial charge in [-0.15, -0.1) is 0 Å². The number of aromatic nitrogens is 4. The van der Waals surface area contributed by atoms with Crippen molar-refractivity contribution in [3.63, 3.8) is 0 Å². The maximum absolute atomic E-state index is 13.0. The van der Waals surface area contributed by atoms with Gasteiger partial charge in [0.25, 0.3) is 5.91 Å². The molecule has 25 heavy (non-hydrogen) atoms. The van der Waals surface area contributed by atoms with Crippen molar-refractivity contribution in [3.05, 3.63) is 66.0 Å². The molecular weight excluding hydrogens is 335 g/mol. The highest BCUT2D eigenvalue weighted by Gasteiger charge is 2.34. The standard InChI is InChI=1S/C16H12F3N5O/c1-10-20-6-7-24(10)14-8-13(21-9-22-14)23-15(25)11-4-2-3-5-12(11)16(17,18)19/h2-9H,1H3,(H,21,22,23,25). The number of carbonyl (C=O) groups excluding carboxylic acids is 1. The summed E-state index contributed by atoms with van der Waals surface area (Å²) in [6, 6.07) is 6.01. The maximum Gasteiger partial charge on any atom is 0.417 e. The Labute approximate surface area is 140 Å². The zero-order chi connectivity index (χ0) is 18.0. The van der Waals surface area contributed by atoms with Gasteiger partial charge in [-0.2, -0.15) is 13.2 Å². The number of hydrogen-bond donors (Lipinski definition) is 1. The molecule has 0 aliphatic rings. The van der Waals surface area contributed by atoms with Crippen molar-refractivity contribution in [2.45, 2.75) is 13.1 Å². The molecule has 1 amide bonds. The van der Waals surface area contributed by atoms with E-state index >= 15 is 0 Å². The largest absolute Gasteiger partial charge is 0.417 e. The van der Waals surface area contributed by atoms with Crippen LogP contribution in [-0.2, 0) is 6.18 Å². The molecule has 2 heterocycles. The van der Waals surface area contributed by atoms with Crippen LogP contribution < -0.4 is 5.32 Å². The summed E-state index contributed by atoms with van der Waals surface area (Å²) in [5.41, 5.74) is -1.48. The van der Waals surface area contributed by atoms with Crippen molar-refractivity contribution in [1.29, 1.82) is 0 Å². The van der Waals surface area contributed by atoms with Crippen LogP contribution in [0.2, 0.25) is 0 Å². The quantitative estimate of drug-likeness (QED) is 0.789. The van der Waals surface area contributed by atoms with Gasteiger partial charge < -0.3 is 5.32 Å². The number of benzene rings is 1. The van der Waals surface area contributed by atoms with Gasteiger partial charge in [0, 0.05) is 18.5 Å². The predicted molar refractivity (Wildman–Crippen MR) is 83.3 cm³/mol. The highest BCUT2D eigenvalue weighted by atomic mass is 19.4. The third kappa shape index (κ3) is 3.49. The summed E-state index contributed by atoms with van der Waals surface area (Å²) >= 11 is 0. The molecule has 1 N–H and O–H groups in total. The first-order chi connectivity index (χ1) is 11.9. The minimum Gasteiger partial charge on any atom is -0.306 e. The molecule has 0 fully saturated rings. The number of hydrogen-bond acceptors (Lipinski definition) is 4. The monoisotopic (exact) mass is 347 g/mol. The van der Waals surface area contributed by atoms with Crippen molar-refractivity contribution >= 4 is 11.7 Å². The first kappa shape index (κ1) is 16.6. The summed E-state index contributed by atoms with van der Waals surface area (Å²) in [6.45, 7) is 1.76. The van der Waals surface area contributed by atoms with E-state index < -0.39 is 23.2 Å². The molecule has 0 bridgehead atoms. The van der Waals surface area contributed by atoms with E-state index in [2.05, 4.69) is 20.3 Å². The normalized spacial score (nSPS) is 11.4. The van der Waals surface area contributed by atoms with Crippen LogP contribution in [-0.4, -0.2) is 25.4 Å². The molecule has 0 aliphatic carbocycles. The van der Waals surface area contributed by atoms with Crippen molar-refractivity contribution in [2.24, 2.45) is 0 Å². The van der Waals surface area contributed by atoms with Crippen LogP contribution in [0.25, 0.3) is 5.82 Å². The lowest BCUT2D eigenvalue weighted by Crippen LogP contribution is -2.19. The molecule has 3 rings (SSSR count). The zero-order valence-electron chi connectivity index (χ0n) is 12.9. The SMILES string of the molecule is Cc1nccn1-c1cc(NC(=O)c2ccccc2C(F)(F)F)ncn1. The second kappa shape index (κ2) is 6.34. The van der Waals surface area contributed by atoms with Gasteiger partial charge in [-0.25, -0.2) is 15.0 Å². The molecule has 0 atom stereocenters. The molecule has 6 nitrogen and oxygen atoms in total. The number of nitrogens with one attached hydrogen (secondary N) is 1. The second-order valence-corrected chi connectivity index (χ2v) is 5.10. The van der Waals surface area contributed by atoms with Crippen LogP contribution >= 0.6 is 0 Å². The number of anilines is 1. The number of imidazole rings is 1. The first-order valence-electron chi connectivity index (χ1n) is 7.16. The topological polar surface area (TPSA) is 72.7 Å². The fraction of sp³-hybridized carbons (Fsp3) is 0.125. The fourth-order valence-corrected chi connectivity index (χ4v) is 2.28. The average molecular weight is 347 g/mol. The lowest BCUT2D eigenvalue weighted by Gasteiger charge is -2.12. The number of alkyl halides is 3. The van der Waals surface area contributed by atoms with Gasteiger partial charge in [0.1, 0.15) is 23.8 Å². The van der Waals surface area contributed by atoms with Gasteiger partial charge in [0.05, 0.1) is 11.1 Å². The Morgan fingerprint density at radius 2 is 1.92 bits per heavy atom. The van der Waals surface area contributed by atoms with E-state index in [0.717, 1.165) is 12.1 Å². The van der Waals surface area contributed by atoms with E-state index in [9.17, 15) is 18.0 Å². The van der Waals surface area contributed by atoms with Crippen LogP contribution in [0.15, 0.2) is 49.1 Å². The molecule has 9 heteroatoms. The molecular formula is C16H12F3N5O. The molecule has 0 saturated carbocycles. The van der Waals surface area contributed by atoms with Gasteiger partial charge in [0.15, 0.2) is 0 Å². The lowest BCUT2D eigenvalue weighted by atomic mass is 10.1. The van der Waals surface area contributed by atoms with Crippen molar-refractivity contribution in [3.8, 4) is 5.82 Å². The molecule has 128 valence electrons. The predicted octanol–water partition coefficient (Wildman–Crippen LogP) is 3.24. The van der Waals surface area contributed by atoms with E-state index in [1.807, 2.05) is 0 Å². The van der Waals surface area contributed by atoms with Crippen LogP contribution in [0.4, 0.5) is 19.0 Å². The summed E-state index contributed by atoms with van der Waals surface area (Å²) in [4.78, 5) is 24.3. The maximum atomic E-state index is 13.0. The van der Waals surface area contributed by atoms with Gasteiger partial charge in [-0.1, -0.05) is 12.1 Å². The second-order valence-electron chi connectivity index (χ2n) is 5.10. The van der Waals surface area contributed by atoms with Crippen LogP contribution in [0.3, 0.4) is 0 Å². The Hall–Kier alpha value is -3.23. The Bertz CT molecular complexity index is 920. The van der Waals surface area contributed by atoms with E-state index in [4.69, 9.17) is 0 Å². The van der Waals surface area contributed by atoms with Crippen molar-refractivity contribution < 1.29 is 18.0 Å². The van der Waals surface area contributed by atoms with Crippen molar-refractivity contribution in [2.75, 3.05) is 5.32 Å². The highest BCUT2D eigenvalue weighted by molar-refractivity contribution is 6.05. The minimum atomic E-state index is -4.63. The van der Waals surface area contributed by atoms with E-state index in [-0.39, 0.29) is 5.82 Å². The molecule has 3 aromatic rings. The number of halogens is 3. The smallest absolute Gasteiger partial charge is 0.306 e. The zero-order valence-corrected chi connectivity index (χ0v) is 12.9. The summed E-state index contributed by atoms with van der Waals surface area (Å²) in [5.74, 6) is 0.280. The summed E-state index contributed by atoms with van der Waals surface area (Å²) < 4.78 is 40.7.